The molecule has 0 saturated heterocycles. The third-order valence-electron chi connectivity index (χ3n) is 9.56. The van der Waals surface area contributed by atoms with Crippen LogP contribution in [-0.4, -0.2) is 0 Å². The Morgan fingerprint density at radius 2 is 0.483 bits per heavy atom. The fourth-order valence-corrected chi connectivity index (χ4v) is 7.61. The standard InChI is InChI=1S/4C7H11.Hf/c4*1-2-7-4-3-6(1)5-7;/h4*6H,1-5H2;/q4*-1;+4. The molecule has 0 radical (unpaired) electrons. The van der Waals surface area contributed by atoms with Crippen molar-refractivity contribution in [3.63, 3.8) is 0 Å². The van der Waals surface area contributed by atoms with Crippen LogP contribution in [0.4, 0.5) is 0 Å². The number of hydrogen-bond acceptors (Lipinski definition) is 0. The van der Waals surface area contributed by atoms with E-state index < -0.39 is 0 Å². The summed E-state index contributed by atoms with van der Waals surface area (Å²) in [6.07, 6.45) is 30.0. The van der Waals surface area contributed by atoms with Crippen molar-refractivity contribution in [3.05, 3.63) is 23.7 Å². The Morgan fingerprint density at radius 3 is 0.517 bits per heavy atom. The van der Waals surface area contributed by atoms with Crippen LogP contribution < -0.4 is 0 Å². The van der Waals surface area contributed by atoms with E-state index in [1.807, 2.05) is 23.7 Å². The molecule has 0 aromatic heterocycles. The summed E-state index contributed by atoms with van der Waals surface area (Å²) in [6, 6.07) is 0. The molecule has 8 bridgehead atoms. The van der Waals surface area contributed by atoms with E-state index in [9.17, 15) is 0 Å². The van der Waals surface area contributed by atoms with E-state index in [1.165, 1.54) is 128 Å². The second-order valence-corrected chi connectivity index (χ2v) is 11.6. The molecule has 8 aliphatic rings. The normalized spacial score (nSPS) is 31.4. The molecule has 0 aliphatic heterocycles. The van der Waals surface area contributed by atoms with Gasteiger partial charge in [-0.2, -0.15) is 77.0 Å². The maximum Gasteiger partial charge on any atom is 4.00 e. The maximum absolute atomic E-state index is 1.87. The molecule has 0 N–H and O–H groups in total. The van der Waals surface area contributed by atoms with Gasteiger partial charge in [-0.25, -0.2) is 0 Å². The Hall–Kier alpha value is 0.870. The first-order valence-corrected chi connectivity index (χ1v) is 13.1. The predicted molar refractivity (Wildman–Crippen MR) is 119 cm³/mol. The molecule has 8 fully saturated rings. The SMILES string of the molecule is C1CC2CC[C-]1C2.C1CC2CC[C-]1C2.C1CC2CC[C-]1C2.C1CC2CC[C-]1C2.[Hf+4]. The van der Waals surface area contributed by atoms with Gasteiger partial charge in [-0.3, -0.25) is 0 Å². The van der Waals surface area contributed by atoms with Crippen LogP contribution in [0.5, 0.6) is 0 Å². The Bertz CT molecular complexity index is 327. The van der Waals surface area contributed by atoms with Crippen molar-refractivity contribution in [2.24, 2.45) is 23.7 Å². The Balaban J connectivity index is 0.0000000931. The van der Waals surface area contributed by atoms with Crippen molar-refractivity contribution >= 4 is 0 Å². The first-order chi connectivity index (χ1) is 13.8. The van der Waals surface area contributed by atoms with Gasteiger partial charge in [0.05, 0.1) is 0 Å². The molecule has 0 unspecified atom stereocenters. The monoisotopic (exact) mass is 560 g/mol. The van der Waals surface area contributed by atoms with Crippen molar-refractivity contribution in [3.8, 4) is 0 Å². The molecule has 0 aromatic carbocycles. The van der Waals surface area contributed by atoms with Gasteiger partial charge in [0.25, 0.3) is 0 Å². The van der Waals surface area contributed by atoms with E-state index in [4.69, 9.17) is 0 Å². The zero-order chi connectivity index (χ0) is 18.8. The molecule has 160 valence electrons. The Morgan fingerprint density at radius 1 is 0.310 bits per heavy atom. The second-order valence-electron chi connectivity index (χ2n) is 11.6. The average molecular weight is 559 g/mol. The van der Waals surface area contributed by atoms with Crippen LogP contribution in [0.25, 0.3) is 0 Å². The van der Waals surface area contributed by atoms with Crippen molar-refractivity contribution < 1.29 is 25.8 Å². The minimum atomic E-state index is 0. The molecule has 0 nitrogen and oxygen atoms in total. The largest absolute Gasteiger partial charge is 4.00 e. The topological polar surface area (TPSA) is 0 Å². The molecule has 0 heterocycles. The molecule has 8 rings (SSSR count). The van der Waals surface area contributed by atoms with E-state index in [0.717, 1.165) is 23.7 Å². The Labute approximate surface area is 200 Å². The first-order valence-electron chi connectivity index (χ1n) is 13.1. The maximum atomic E-state index is 1.87. The molecule has 0 aromatic rings. The van der Waals surface area contributed by atoms with Crippen molar-refractivity contribution in [2.75, 3.05) is 0 Å². The van der Waals surface area contributed by atoms with E-state index in [0.29, 0.717) is 0 Å². The summed E-state index contributed by atoms with van der Waals surface area (Å²) in [5.41, 5.74) is 0. The molecule has 0 atom stereocenters. The summed E-state index contributed by atoms with van der Waals surface area (Å²) in [7, 11) is 0. The molecular weight excluding hydrogens is 515 g/mol. The quantitative estimate of drug-likeness (QED) is 0.206. The fourth-order valence-electron chi connectivity index (χ4n) is 7.61. The Kier molecular flexibility index (Phi) is 8.85. The van der Waals surface area contributed by atoms with Crippen LogP contribution >= 0.6 is 0 Å². The van der Waals surface area contributed by atoms with Gasteiger partial charge in [0.2, 0.25) is 0 Å². The van der Waals surface area contributed by atoms with Crippen LogP contribution in [-0.2, 0) is 25.8 Å². The van der Waals surface area contributed by atoms with Crippen molar-refractivity contribution in [2.45, 2.75) is 128 Å². The summed E-state index contributed by atoms with van der Waals surface area (Å²) in [5.74, 6) is 12.0. The van der Waals surface area contributed by atoms with Crippen molar-refractivity contribution in [1.82, 2.24) is 0 Å². The molecular formula is C28H44Hf. The smallest absolute Gasteiger partial charge is 0.313 e. The van der Waals surface area contributed by atoms with E-state index >= 15 is 0 Å². The molecule has 1 heteroatoms. The van der Waals surface area contributed by atoms with Gasteiger partial charge in [0, 0.05) is 0 Å². The van der Waals surface area contributed by atoms with Crippen LogP contribution in [0.1, 0.15) is 128 Å². The van der Waals surface area contributed by atoms with Crippen LogP contribution in [0.15, 0.2) is 0 Å². The van der Waals surface area contributed by atoms with E-state index in [1.54, 1.807) is 0 Å². The van der Waals surface area contributed by atoms with Crippen LogP contribution in [0.3, 0.4) is 0 Å². The van der Waals surface area contributed by atoms with E-state index in [2.05, 4.69) is 0 Å². The molecule has 0 amide bonds. The first kappa shape index (κ1) is 23.0. The van der Waals surface area contributed by atoms with Gasteiger partial charge in [-0.1, -0.05) is 75.0 Å². The average Bonchev–Trinajstić information content (AvgIpc) is 3.63. The fraction of sp³-hybridized carbons (Fsp3) is 0.857. The van der Waals surface area contributed by atoms with Gasteiger partial charge in [-0.05, 0) is 0 Å². The number of fused-ring (bicyclic) bond motifs is 8. The van der Waals surface area contributed by atoms with Gasteiger partial charge in [-0.15, -0.1) is 0 Å². The van der Waals surface area contributed by atoms with Crippen LogP contribution in [0.2, 0.25) is 0 Å². The zero-order valence-corrected chi connectivity index (χ0v) is 22.5. The summed E-state index contributed by atoms with van der Waals surface area (Å²) in [4.78, 5) is 0. The number of rotatable bonds is 0. The van der Waals surface area contributed by atoms with Gasteiger partial charge < -0.3 is 23.7 Å². The van der Waals surface area contributed by atoms with Gasteiger partial charge >= 0.3 is 25.8 Å². The van der Waals surface area contributed by atoms with Crippen molar-refractivity contribution in [1.29, 1.82) is 0 Å². The van der Waals surface area contributed by atoms with Gasteiger partial charge in [0.1, 0.15) is 0 Å². The molecule has 29 heavy (non-hydrogen) atoms. The molecule has 0 spiro atoms. The second kappa shape index (κ2) is 11.1. The summed E-state index contributed by atoms with van der Waals surface area (Å²) in [6.45, 7) is 0. The minimum absolute atomic E-state index is 0. The predicted octanol–water partition coefficient (Wildman–Crippen LogP) is 8.62. The third kappa shape index (κ3) is 6.44. The molecule has 8 aliphatic carbocycles. The summed E-state index contributed by atoms with van der Waals surface area (Å²) < 4.78 is 0. The van der Waals surface area contributed by atoms with Crippen LogP contribution in [0, 0.1) is 47.3 Å². The number of hydrogen-bond donors (Lipinski definition) is 0. The van der Waals surface area contributed by atoms with E-state index in [-0.39, 0.29) is 25.8 Å². The third-order valence-corrected chi connectivity index (χ3v) is 9.56. The van der Waals surface area contributed by atoms with Gasteiger partial charge in [0.15, 0.2) is 0 Å². The summed E-state index contributed by atoms with van der Waals surface area (Å²) in [5, 5.41) is 0. The molecule has 8 saturated carbocycles. The summed E-state index contributed by atoms with van der Waals surface area (Å²) >= 11 is 0. The zero-order valence-electron chi connectivity index (χ0n) is 19.0. The minimum Gasteiger partial charge on any atom is -0.313 e.